The van der Waals surface area contributed by atoms with Gasteiger partial charge in [0.15, 0.2) is 0 Å². The van der Waals surface area contributed by atoms with Gasteiger partial charge in [-0.05, 0) is 36.7 Å². The monoisotopic (exact) mass is 367 g/mol. The molecule has 6 heteroatoms. The van der Waals surface area contributed by atoms with Crippen LogP contribution >= 0.6 is 57.7 Å². The van der Waals surface area contributed by atoms with Crippen molar-refractivity contribution in [1.82, 2.24) is 5.32 Å². The second-order valence-electron chi connectivity index (χ2n) is 4.33. The van der Waals surface area contributed by atoms with E-state index in [0.717, 1.165) is 24.1 Å². The van der Waals surface area contributed by atoms with E-state index in [-0.39, 0.29) is 6.04 Å². The molecule has 0 bridgehead atoms. The van der Waals surface area contributed by atoms with Crippen LogP contribution < -0.4 is 5.32 Å². The van der Waals surface area contributed by atoms with E-state index in [0.29, 0.717) is 18.7 Å². The molecule has 1 atom stereocenters. The van der Waals surface area contributed by atoms with Crippen molar-refractivity contribution in [2.45, 2.75) is 19.4 Å². The minimum atomic E-state index is 0.0786. The number of hydrogen-bond donors (Lipinski definition) is 1. The van der Waals surface area contributed by atoms with Crippen molar-refractivity contribution in [3.63, 3.8) is 0 Å². The quantitative estimate of drug-likeness (QED) is 0.657. The molecule has 0 saturated carbocycles. The lowest BCUT2D eigenvalue weighted by atomic mass is 10.0. The largest absolute Gasteiger partial charge is 0.310 e. The molecule has 1 N–H and O–H groups in total. The second-order valence-corrected chi connectivity index (χ2v) is 7.46. The van der Waals surface area contributed by atoms with E-state index < -0.39 is 0 Å². The molecule has 0 amide bonds. The topological polar surface area (TPSA) is 12.0 Å². The molecular weight excluding hydrogens is 356 g/mol. The summed E-state index contributed by atoms with van der Waals surface area (Å²) < 4.78 is 1.40. The first-order chi connectivity index (χ1) is 9.51. The highest BCUT2D eigenvalue weighted by atomic mass is 35.5. The third-order valence-electron chi connectivity index (χ3n) is 2.95. The molecule has 1 unspecified atom stereocenters. The van der Waals surface area contributed by atoms with Gasteiger partial charge in [-0.2, -0.15) is 0 Å². The van der Waals surface area contributed by atoms with Crippen molar-refractivity contribution in [3.05, 3.63) is 54.1 Å². The van der Waals surface area contributed by atoms with Gasteiger partial charge in [0.1, 0.15) is 0 Å². The average molecular weight is 369 g/mol. The SMILES string of the molecule is CCNC(Cc1ccc(Cl)cc1Cl)c1cc(Cl)sc1Cl. The predicted octanol–water partition coefficient (Wildman–Crippen LogP) is 6.26. The maximum Gasteiger partial charge on any atom is 0.0992 e. The number of rotatable bonds is 5. The Balaban J connectivity index is 2.27. The minimum Gasteiger partial charge on any atom is -0.310 e. The maximum absolute atomic E-state index is 6.25. The summed E-state index contributed by atoms with van der Waals surface area (Å²) in [6.45, 7) is 2.89. The minimum absolute atomic E-state index is 0.0786. The smallest absolute Gasteiger partial charge is 0.0992 e. The zero-order chi connectivity index (χ0) is 14.7. The summed E-state index contributed by atoms with van der Waals surface area (Å²) in [7, 11) is 0. The molecule has 0 aliphatic carbocycles. The summed E-state index contributed by atoms with van der Waals surface area (Å²) in [5.41, 5.74) is 2.04. The molecule has 0 spiro atoms. The van der Waals surface area contributed by atoms with Gasteiger partial charge in [0.2, 0.25) is 0 Å². The van der Waals surface area contributed by atoms with E-state index in [9.17, 15) is 0 Å². The van der Waals surface area contributed by atoms with E-state index >= 15 is 0 Å². The third-order valence-corrected chi connectivity index (χ3v) is 5.05. The summed E-state index contributed by atoms with van der Waals surface area (Å²) in [6, 6.07) is 7.52. The van der Waals surface area contributed by atoms with Crippen molar-refractivity contribution in [3.8, 4) is 0 Å². The van der Waals surface area contributed by atoms with Crippen molar-refractivity contribution in [1.29, 1.82) is 0 Å². The first kappa shape index (κ1) is 16.4. The van der Waals surface area contributed by atoms with Crippen molar-refractivity contribution in [2.24, 2.45) is 0 Å². The zero-order valence-corrected chi connectivity index (χ0v) is 14.6. The Kier molecular flexibility index (Phi) is 6.03. The Morgan fingerprint density at radius 3 is 2.45 bits per heavy atom. The Morgan fingerprint density at radius 1 is 1.15 bits per heavy atom. The molecule has 1 aromatic heterocycles. The van der Waals surface area contributed by atoms with Gasteiger partial charge in [0.05, 0.1) is 8.67 Å². The van der Waals surface area contributed by atoms with Gasteiger partial charge >= 0.3 is 0 Å². The predicted molar refractivity (Wildman–Crippen MR) is 90.9 cm³/mol. The molecule has 1 nitrogen and oxygen atoms in total. The van der Waals surface area contributed by atoms with E-state index in [4.69, 9.17) is 46.4 Å². The lowest BCUT2D eigenvalue weighted by Gasteiger charge is -2.18. The first-order valence-corrected chi connectivity index (χ1v) is 8.46. The summed E-state index contributed by atoms with van der Waals surface area (Å²) in [4.78, 5) is 0. The molecule has 0 saturated heterocycles. The third kappa shape index (κ3) is 4.03. The van der Waals surface area contributed by atoms with Crippen LogP contribution in [0, 0.1) is 0 Å². The fraction of sp³-hybridized carbons (Fsp3) is 0.286. The zero-order valence-electron chi connectivity index (χ0n) is 10.7. The van der Waals surface area contributed by atoms with Crippen molar-refractivity contribution in [2.75, 3.05) is 6.54 Å². The molecule has 1 heterocycles. The number of halogens is 4. The summed E-state index contributed by atoms with van der Waals surface area (Å²) in [5, 5.41) is 4.71. The number of benzene rings is 1. The van der Waals surface area contributed by atoms with E-state index in [1.54, 1.807) is 6.07 Å². The number of hydrogen-bond acceptors (Lipinski definition) is 2. The van der Waals surface area contributed by atoms with Crippen LogP contribution in [0.4, 0.5) is 0 Å². The molecule has 1 aromatic carbocycles. The van der Waals surface area contributed by atoms with Crippen LogP contribution in [-0.4, -0.2) is 6.54 Å². The Morgan fingerprint density at radius 2 is 1.90 bits per heavy atom. The summed E-state index contributed by atoms with van der Waals surface area (Å²) in [6.07, 6.45) is 0.733. The van der Waals surface area contributed by atoms with Crippen LogP contribution in [0.5, 0.6) is 0 Å². The lowest BCUT2D eigenvalue weighted by molar-refractivity contribution is 0.551. The van der Waals surface area contributed by atoms with Crippen LogP contribution in [0.25, 0.3) is 0 Å². The van der Waals surface area contributed by atoms with Crippen molar-refractivity contribution >= 4 is 57.7 Å². The number of likely N-dealkylation sites (N-methyl/N-ethyl adjacent to an activating group) is 1. The molecule has 0 aliphatic rings. The summed E-state index contributed by atoms with van der Waals surface area (Å²) >= 11 is 25.8. The normalized spacial score (nSPS) is 12.7. The van der Waals surface area contributed by atoms with E-state index in [1.807, 2.05) is 18.2 Å². The highest BCUT2D eigenvalue weighted by Gasteiger charge is 2.18. The van der Waals surface area contributed by atoms with Gasteiger partial charge in [-0.3, -0.25) is 0 Å². The van der Waals surface area contributed by atoms with Gasteiger partial charge in [0.25, 0.3) is 0 Å². The second kappa shape index (κ2) is 7.35. The van der Waals surface area contributed by atoms with E-state index in [2.05, 4.69) is 12.2 Å². The summed E-state index contributed by atoms with van der Waals surface area (Å²) in [5.74, 6) is 0. The molecule has 2 rings (SSSR count). The van der Waals surface area contributed by atoms with Crippen LogP contribution in [0.15, 0.2) is 24.3 Å². The maximum atomic E-state index is 6.25. The molecule has 20 heavy (non-hydrogen) atoms. The lowest BCUT2D eigenvalue weighted by Crippen LogP contribution is -2.22. The Hall–Kier alpha value is 0.0400. The number of nitrogens with one attached hydrogen (secondary N) is 1. The molecule has 0 fully saturated rings. The molecule has 0 aliphatic heterocycles. The highest BCUT2D eigenvalue weighted by molar-refractivity contribution is 7.20. The van der Waals surface area contributed by atoms with Gasteiger partial charge in [-0.25, -0.2) is 0 Å². The molecule has 0 radical (unpaired) electrons. The standard InChI is InChI=1S/C14H13Cl4NS/c1-2-19-12(10-7-13(17)20-14(10)18)5-8-3-4-9(15)6-11(8)16/h3-4,6-7,12,19H,2,5H2,1H3. The fourth-order valence-electron chi connectivity index (χ4n) is 2.04. The van der Waals surface area contributed by atoms with Gasteiger partial charge in [-0.1, -0.05) is 59.4 Å². The van der Waals surface area contributed by atoms with Crippen molar-refractivity contribution < 1.29 is 0 Å². The molecule has 108 valence electrons. The van der Waals surface area contributed by atoms with Crippen LogP contribution in [0.2, 0.25) is 18.7 Å². The van der Waals surface area contributed by atoms with Gasteiger partial charge < -0.3 is 5.32 Å². The molecule has 2 aromatic rings. The van der Waals surface area contributed by atoms with Crippen LogP contribution in [0.1, 0.15) is 24.1 Å². The molecular formula is C14H13Cl4NS. The Bertz CT molecular complexity index is 597. The van der Waals surface area contributed by atoms with Crippen LogP contribution in [-0.2, 0) is 6.42 Å². The van der Waals surface area contributed by atoms with Crippen LogP contribution in [0.3, 0.4) is 0 Å². The van der Waals surface area contributed by atoms with Gasteiger partial charge in [-0.15, -0.1) is 11.3 Å². The highest BCUT2D eigenvalue weighted by Crippen LogP contribution is 2.37. The Labute approximate surface area is 142 Å². The average Bonchev–Trinajstić information content (AvgIpc) is 2.71. The number of thiophene rings is 1. The van der Waals surface area contributed by atoms with E-state index in [1.165, 1.54) is 11.3 Å². The fourth-order valence-corrected chi connectivity index (χ4v) is 4.10. The van der Waals surface area contributed by atoms with Gasteiger partial charge in [0, 0.05) is 21.7 Å². The first-order valence-electron chi connectivity index (χ1n) is 6.13.